The SMILES string of the molecule is FC(F)(F)c1ccc(NCc2cccc(-c3ccccn3)c2)nn1. The van der Waals surface area contributed by atoms with Gasteiger partial charge in [0.2, 0.25) is 0 Å². The number of nitrogens with zero attached hydrogens (tertiary/aromatic N) is 3. The Morgan fingerprint density at radius 2 is 1.79 bits per heavy atom. The molecule has 4 nitrogen and oxygen atoms in total. The molecule has 0 saturated carbocycles. The predicted octanol–water partition coefficient (Wildman–Crippen LogP) is 4.17. The third-order valence-corrected chi connectivity index (χ3v) is 3.32. The van der Waals surface area contributed by atoms with Crippen LogP contribution in [0.3, 0.4) is 0 Å². The monoisotopic (exact) mass is 330 g/mol. The van der Waals surface area contributed by atoms with Gasteiger partial charge in [0.1, 0.15) is 5.82 Å². The minimum Gasteiger partial charge on any atom is -0.365 e. The number of anilines is 1. The number of benzene rings is 1. The van der Waals surface area contributed by atoms with Crippen LogP contribution in [0.2, 0.25) is 0 Å². The number of pyridine rings is 1. The maximum Gasteiger partial charge on any atom is 0.435 e. The van der Waals surface area contributed by atoms with Crippen LogP contribution in [0.4, 0.5) is 19.0 Å². The highest BCUT2D eigenvalue weighted by atomic mass is 19.4. The predicted molar refractivity (Wildman–Crippen MR) is 84.0 cm³/mol. The number of halogens is 3. The van der Waals surface area contributed by atoms with Gasteiger partial charge in [0.25, 0.3) is 0 Å². The minimum absolute atomic E-state index is 0.284. The van der Waals surface area contributed by atoms with Crippen LogP contribution in [-0.4, -0.2) is 15.2 Å². The number of rotatable bonds is 4. The standard InChI is InChI=1S/C17H13F3N4/c18-17(19,20)15-7-8-16(24-23-15)22-11-12-4-3-5-13(10-12)14-6-1-2-9-21-14/h1-10H,11H2,(H,22,24). The van der Waals surface area contributed by atoms with Gasteiger partial charge in [-0.3, -0.25) is 4.98 Å². The Bertz CT molecular complexity index is 802. The molecule has 7 heteroatoms. The largest absolute Gasteiger partial charge is 0.435 e. The molecular weight excluding hydrogens is 317 g/mol. The normalized spacial score (nSPS) is 11.3. The summed E-state index contributed by atoms with van der Waals surface area (Å²) in [6.45, 7) is 0.417. The summed E-state index contributed by atoms with van der Waals surface area (Å²) in [5.41, 5.74) is 1.77. The van der Waals surface area contributed by atoms with Gasteiger partial charge in [0, 0.05) is 18.3 Å². The first kappa shape index (κ1) is 15.9. The van der Waals surface area contributed by atoms with Crippen molar-refractivity contribution in [3.8, 4) is 11.3 Å². The molecule has 0 saturated heterocycles. The van der Waals surface area contributed by atoms with Gasteiger partial charge in [-0.1, -0.05) is 24.3 Å². The molecule has 0 spiro atoms. The van der Waals surface area contributed by atoms with E-state index in [1.807, 2.05) is 42.5 Å². The van der Waals surface area contributed by atoms with Crippen molar-refractivity contribution in [1.82, 2.24) is 15.2 Å². The third-order valence-electron chi connectivity index (χ3n) is 3.32. The summed E-state index contributed by atoms with van der Waals surface area (Å²) in [6.07, 6.45) is -2.76. The van der Waals surface area contributed by atoms with Crippen molar-refractivity contribution >= 4 is 5.82 Å². The zero-order valence-corrected chi connectivity index (χ0v) is 12.5. The zero-order chi connectivity index (χ0) is 17.0. The van der Waals surface area contributed by atoms with Crippen molar-refractivity contribution < 1.29 is 13.2 Å². The maximum atomic E-state index is 12.4. The Balaban J connectivity index is 1.69. The lowest BCUT2D eigenvalue weighted by molar-refractivity contribution is -0.141. The molecule has 3 aromatic rings. The summed E-state index contributed by atoms with van der Waals surface area (Å²) in [7, 11) is 0. The molecule has 0 bridgehead atoms. The first-order valence-electron chi connectivity index (χ1n) is 7.17. The highest BCUT2D eigenvalue weighted by Crippen LogP contribution is 2.27. The molecule has 24 heavy (non-hydrogen) atoms. The number of alkyl halides is 3. The van der Waals surface area contributed by atoms with Crippen molar-refractivity contribution in [3.05, 3.63) is 72.1 Å². The number of nitrogens with one attached hydrogen (secondary N) is 1. The molecule has 2 aromatic heterocycles. The molecule has 1 aromatic carbocycles. The molecule has 0 fully saturated rings. The summed E-state index contributed by atoms with van der Waals surface area (Å²) >= 11 is 0. The van der Waals surface area contributed by atoms with Crippen LogP contribution in [0.25, 0.3) is 11.3 Å². The molecule has 2 heterocycles. The number of hydrogen-bond acceptors (Lipinski definition) is 4. The van der Waals surface area contributed by atoms with Crippen molar-refractivity contribution in [2.45, 2.75) is 12.7 Å². The molecule has 3 rings (SSSR count). The number of aromatic nitrogens is 3. The van der Waals surface area contributed by atoms with Gasteiger partial charge in [-0.15, -0.1) is 10.2 Å². The van der Waals surface area contributed by atoms with Gasteiger partial charge in [0.15, 0.2) is 5.69 Å². The second-order valence-corrected chi connectivity index (χ2v) is 5.07. The fraction of sp³-hybridized carbons (Fsp3) is 0.118. The van der Waals surface area contributed by atoms with Crippen LogP contribution >= 0.6 is 0 Å². The second kappa shape index (κ2) is 6.66. The van der Waals surface area contributed by atoms with Gasteiger partial charge in [-0.2, -0.15) is 13.2 Å². The number of hydrogen-bond donors (Lipinski definition) is 1. The average Bonchev–Trinajstić information content (AvgIpc) is 2.61. The van der Waals surface area contributed by atoms with E-state index in [9.17, 15) is 13.2 Å². The summed E-state index contributed by atoms with van der Waals surface area (Å²) < 4.78 is 37.3. The van der Waals surface area contributed by atoms with Crippen molar-refractivity contribution in [2.24, 2.45) is 0 Å². The van der Waals surface area contributed by atoms with E-state index in [-0.39, 0.29) is 5.82 Å². The molecule has 122 valence electrons. The Kier molecular flexibility index (Phi) is 4.41. The van der Waals surface area contributed by atoms with Gasteiger partial charge < -0.3 is 5.32 Å². The summed E-state index contributed by atoms with van der Waals surface area (Å²) in [6, 6.07) is 15.6. The fourth-order valence-electron chi connectivity index (χ4n) is 2.14. The van der Waals surface area contributed by atoms with Gasteiger partial charge in [0.05, 0.1) is 5.69 Å². The van der Waals surface area contributed by atoms with Gasteiger partial charge >= 0.3 is 6.18 Å². The van der Waals surface area contributed by atoms with Crippen LogP contribution in [0.15, 0.2) is 60.8 Å². The van der Waals surface area contributed by atoms with Crippen LogP contribution in [0, 0.1) is 0 Å². The zero-order valence-electron chi connectivity index (χ0n) is 12.5. The molecule has 0 aliphatic heterocycles. The van der Waals surface area contributed by atoms with E-state index in [1.165, 1.54) is 6.07 Å². The van der Waals surface area contributed by atoms with Crippen LogP contribution in [0.5, 0.6) is 0 Å². The van der Waals surface area contributed by atoms with E-state index in [0.29, 0.717) is 6.54 Å². The minimum atomic E-state index is -4.48. The Hall–Kier alpha value is -2.96. The topological polar surface area (TPSA) is 50.7 Å². The maximum absolute atomic E-state index is 12.4. The molecular formula is C17H13F3N4. The van der Waals surface area contributed by atoms with E-state index in [2.05, 4.69) is 20.5 Å². The van der Waals surface area contributed by atoms with E-state index in [4.69, 9.17) is 0 Å². The Morgan fingerprint density at radius 1 is 0.917 bits per heavy atom. The second-order valence-electron chi connectivity index (χ2n) is 5.07. The van der Waals surface area contributed by atoms with Crippen molar-refractivity contribution in [1.29, 1.82) is 0 Å². The smallest absolute Gasteiger partial charge is 0.365 e. The first-order chi connectivity index (χ1) is 11.5. The van der Waals surface area contributed by atoms with Gasteiger partial charge in [-0.05, 0) is 35.9 Å². The molecule has 0 unspecified atom stereocenters. The summed E-state index contributed by atoms with van der Waals surface area (Å²) in [4.78, 5) is 4.29. The lowest BCUT2D eigenvalue weighted by atomic mass is 10.1. The summed E-state index contributed by atoms with van der Waals surface area (Å²) in [5.74, 6) is 0.284. The Labute approximate surface area is 136 Å². The molecule has 0 aliphatic rings. The van der Waals surface area contributed by atoms with E-state index in [1.54, 1.807) is 6.20 Å². The quantitative estimate of drug-likeness (QED) is 0.780. The van der Waals surface area contributed by atoms with E-state index < -0.39 is 11.9 Å². The van der Waals surface area contributed by atoms with Gasteiger partial charge in [-0.25, -0.2) is 0 Å². The molecule has 0 atom stereocenters. The van der Waals surface area contributed by atoms with Crippen LogP contribution in [-0.2, 0) is 12.7 Å². The van der Waals surface area contributed by atoms with Crippen molar-refractivity contribution in [2.75, 3.05) is 5.32 Å². The summed E-state index contributed by atoms with van der Waals surface area (Å²) in [5, 5.41) is 9.68. The lowest BCUT2D eigenvalue weighted by Crippen LogP contribution is -2.10. The molecule has 1 N–H and O–H groups in total. The van der Waals surface area contributed by atoms with Crippen LogP contribution in [0.1, 0.15) is 11.3 Å². The Morgan fingerprint density at radius 3 is 2.46 bits per heavy atom. The first-order valence-corrected chi connectivity index (χ1v) is 7.17. The van der Waals surface area contributed by atoms with Crippen molar-refractivity contribution in [3.63, 3.8) is 0 Å². The fourth-order valence-corrected chi connectivity index (χ4v) is 2.14. The van der Waals surface area contributed by atoms with E-state index >= 15 is 0 Å². The molecule has 0 aliphatic carbocycles. The average molecular weight is 330 g/mol. The van der Waals surface area contributed by atoms with Crippen LogP contribution < -0.4 is 5.32 Å². The third kappa shape index (κ3) is 3.87. The molecule has 0 radical (unpaired) electrons. The van der Waals surface area contributed by atoms with E-state index in [0.717, 1.165) is 22.9 Å². The lowest BCUT2D eigenvalue weighted by Gasteiger charge is -2.08. The highest BCUT2D eigenvalue weighted by molar-refractivity contribution is 5.59. The highest BCUT2D eigenvalue weighted by Gasteiger charge is 2.32. The molecule has 0 amide bonds.